The van der Waals surface area contributed by atoms with Crippen LogP contribution < -0.4 is 10.6 Å². The average molecular weight is 583 g/mol. The van der Waals surface area contributed by atoms with E-state index in [1.54, 1.807) is 18.2 Å². The monoisotopic (exact) mass is 580 g/mol. The number of rotatable bonds is 6. The number of hydrogen-bond donors (Lipinski definition) is 2. The lowest BCUT2D eigenvalue weighted by Crippen LogP contribution is -2.18. The fourth-order valence-electron chi connectivity index (χ4n) is 3.80. The number of carbonyl (C=O) groups excluding carboxylic acids is 2. The molecule has 4 rings (SSSR count). The Morgan fingerprint density at radius 1 is 0.944 bits per heavy atom. The van der Waals surface area contributed by atoms with Crippen LogP contribution in [-0.2, 0) is 4.79 Å². The summed E-state index contributed by atoms with van der Waals surface area (Å²) in [5, 5.41) is 18.2. The molecule has 36 heavy (non-hydrogen) atoms. The van der Waals surface area contributed by atoms with E-state index in [1.165, 1.54) is 36.4 Å². The van der Waals surface area contributed by atoms with Crippen molar-refractivity contribution in [2.45, 2.75) is 10.3 Å². The molecule has 12 heteroatoms. The molecule has 3 aromatic carbocycles. The van der Waals surface area contributed by atoms with Gasteiger partial charge in [-0.3, -0.25) is 9.59 Å². The number of amides is 2. The molecule has 3 aromatic rings. The van der Waals surface area contributed by atoms with E-state index in [2.05, 4.69) is 15.8 Å². The quantitative estimate of drug-likeness (QED) is 0.229. The highest BCUT2D eigenvalue weighted by Crippen LogP contribution is 2.65. The Labute approximate surface area is 230 Å². The predicted octanol–water partition coefficient (Wildman–Crippen LogP) is 7.69. The molecule has 0 bridgehead atoms. The molecule has 7 nitrogen and oxygen atoms in total. The van der Waals surface area contributed by atoms with Crippen LogP contribution >= 0.6 is 58.0 Å². The maximum Gasteiger partial charge on any atom is 0.257 e. The van der Waals surface area contributed by atoms with E-state index in [4.69, 9.17) is 58.0 Å². The molecule has 0 aliphatic heterocycles. The molecule has 0 saturated heterocycles. The molecule has 1 fully saturated rings. The average Bonchev–Trinajstić information content (AvgIpc) is 3.41. The zero-order valence-corrected chi connectivity index (χ0v) is 21.6. The molecule has 0 radical (unpaired) electrons. The third kappa shape index (κ3) is 5.29. The van der Waals surface area contributed by atoms with Gasteiger partial charge in [-0.05, 0) is 65.3 Å². The van der Waals surface area contributed by atoms with Gasteiger partial charge in [0.15, 0.2) is 0 Å². The van der Waals surface area contributed by atoms with Crippen LogP contribution in [0.3, 0.4) is 0 Å². The minimum atomic E-state index is -1.37. The highest BCUT2D eigenvalue weighted by molar-refractivity contribution is 6.53. The van der Waals surface area contributed by atoms with E-state index in [0.717, 1.165) is 0 Å². The van der Waals surface area contributed by atoms with Gasteiger partial charge in [0.2, 0.25) is 5.91 Å². The van der Waals surface area contributed by atoms with Gasteiger partial charge in [0.05, 0.1) is 27.8 Å². The van der Waals surface area contributed by atoms with Crippen LogP contribution in [-0.4, -0.2) is 16.1 Å². The van der Waals surface area contributed by atoms with Crippen molar-refractivity contribution in [3.8, 4) is 6.07 Å². The number of nitrogens with zero attached hydrogens (tertiary/aromatic N) is 2. The molecule has 2 atom stereocenters. The summed E-state index contributed by atoms with van der Waals surface area (Å²) in [7, 11) is 0. The van der Waals surface area contributed by atoms with Gasteiger partial charge >= 0.3 is 0 Å². The van der Waals surface area contributed by atoms with Gasteiger partial charge in [-0.2, -0.15) is 5.26 Å². The highest BCUT2D eigenvalue weighted by atomic mass is 35.5. The van der Waals surface area contributed by atoms with Crippen LogP contribution in [0.2, 0.25) is 15.1 Å². The lowest BCUT2D eigenvalue weighted by Gasteiger charge is -2.11. The van der Waals surface area contributed by atoms with Gasteiger partial charge in [-0.25, -0.2) is 0 Å². The molecule has 1 aliphatic carbocycles. The lowest BCUT2D eigenvalue weighted by atomic mass is 10.1. The maximum absolute atomic E-state index is 13.0. The van der Waals surface area contributed by atoms with E-state index in [0.29, 0.717) is 15.6 Å². The first-order chi connectivity index (χ1) is 17.0. The van der Waals surface area contributed by atoms with Crippen LogP contribution in [0.4, 0.5) is 17.1 Å². The number of anilines is 2. The van der Waals surface area contributed by atoms with E-state index >= 15 is 0 Å². The molecule has 0 spiro atoms. The van der Waals surface area contributed by atoms with Crippen molar-refractivity contribution in [2.75, 3.05) is 10.6 Å². The topological polar surface area (TPSA) is 111 Å². The van der Waals surface area contributed by atoms with Crippen LogP contribution in [0.15, 0.2) is 59.8 Å². The Kier molecular flexibility index (Phi) is 7.46. The van der Waals surface area contributed by atoms with E-state index in [-0.39, 0.29) is 33.2 Å². The normalized spacial score (nSPS) is 17.6. The fourth-order valence-corrected chi connectivity index (χ4v) is 5.37. The standard InChI is InChI=1S/C24H13Cl5N4O3/c25-13-5-11(6-14(26)8-13)20-21(24(20,28)29)23(35)31-15-1-3-18(27)17(9-15)22(34)32-19-4-2-16(33-36)7-12(19)10-30/h1-9,20-21H,(H,31,35)(H,32,34). The SMILES string of the molecule is N#Cc1cc(N=O)ccc1NC(=O)c1cc(NC(=O)C2C(c3cc(Cl)cc(Cl)c3)C2(Cl)Cl)ccc1Cl. The molecule has 1 saturated carbocycles. The zero-order valence-electron chi connectivity index (χ0n) is 17.9. The molecule has 0 aromatic heterocycles. The number of nitriles is 1. The summed E-state index contributed by atoms with van der Waals surface area (Å²) in [4.78, 5) is 36.6. The molecule has 182 valence electrons. The number of halogens is 5. The van der Waals surface area contributed by atoms with Crippen molar-refractivity contribution >= 4 is 86.9 Å². The molecule has 2 N–H and O–H groups in total. The predicted molar refractivity (Wildman–Crippen MR) is 142 cm³/mol. The van der Waals surface area contributed by atoms with Crippen LogP contribution in [0, 0.1) is 22.2 Å². The Bertz CT molecular complexity index is 1430. The first-order valence-corrected chi connectivity index (χ1v) is 12.1. The second-order valence-corrected chi connectivity index (χ2v) is 10.6. The Morgan fingerprint density at radius 3 is 2.28 bits per heavy atom. The van der Waals surface area contributed by atoms with E-state index < -0.39 is 28.0 Å². The summed E-state index contributed by atoms with van der Waals surface area (Å²) in [6, 6.07) is 15.0. The smallest absolute Gasteiger partial charge is 0.257 e. The van der Waals surface area contributed by atoms with Gasteiger partial charge < -0.3 is 10.6 Å². The van der Waals surface area contributed by atoms with Crippen molar-refractivity contribution in [3.63, 3.8) is 0 Å². The second-order valence-electron chi connectivity index (χ2n) is 7.90. The minimum absolute atomic E-state index is 0.0351. The van der Waals surface area contributed by atoms with Crippen molar-refractivity contribution in [3.05, 3.63) is 91.3 Å². The Hall–Kier alpha value is -2.86. The van der Waals surface area contributed by atoms with Gasteiger partial charge in [0.25, 0.3) is 5.91 Å². The summed E-state index contributed by atoms with van der Waals surface area (Å²) in [6.07, 6.45) is 0. The van der Waals surface area contributed by atoms with Gasteiger partial charge in [0.1, 0.15) is 16.1 Å². The molecule has 2 amide bonds. The fraction of sp³-hybridized carbons (Fsp3) is 0.125. The zero-order chi connectivity index (χ0) is 26.2. The first-order valence-electron chi connectivity index (χ1n) is 10.2. The number of nitrogens with one attached hydrogen (secondary N) is 2. The number of nitroso groups, excluding NO2 is 1. The highest BCUT2D eigenvalue weighted by Gasteiger charge is 2.67. The van der Waals surface area contributed by atoms with Crippen LogP contribution in [0.5, 0.6) is 0 Å². The second kappa shape index (κ2) is 10.3. The number of alkyl halides is 2. The van der Waals surface area contributed by atoms with Crippen LogP contribution in [0.1, 0.15) is 27.4 Å². The molecular weight excluding hydrogens is 570 g/mol. The molecular formula is C24H13Cl5N4O3. The maximum atomic E-state index is 13.0. The van der Waals surface area contributed by atoms with E-state index in [9.17, 15) is 19.8 Å². The summed E-state index contributed by atoms with van der Waals surface area (Å²) >= 11 is 31.1. The third-order valence-corrected chi connectivity index (χ3v) is 7.24. The van der Waals surface area contributed by atoms with Crippen molar-refractivity contribution in [2.24, 2.45) is 11.1 Å². The number of hydrogen-bond acceptors (Lipinski definition) is 5. The lowest BCUT2D eigenvalue weighted by molar-refractivity contribution is -0.117. The number of benzene rings is 3. The van der Waals surface area contributed by atoms with Crippen molar-refractivity contribution in [1.82, 2.24) is 0 Å². The Morgan fingerprint density at radius 2 is 1.64 bits per heavy atom. The Balaban J connectivity index is 1.53. The molecule has 0 heterocycles. The summed E-state index contributed by atoms with van der Waals surface area (Å²) < 4.78 is -1.37. The van der Waals surface area contributed by atoms with Gasteiger partial charge in [0, 0.05) is 21.7 Å². The first kappa shape index (κ1) is 26.2. The van der Waals surface area contributed by atoms with Crippen LogP contribution in [0.25, 0.3) is 0 Å². The summed E-state index contributed by atoms with van der Waals surface area (Å²) in [6.45, 7) is 0. The van der Waals surface area contributed by atoms with Crippen molar-refractivity contribution < 1.29 is 9.59 Å². The largest absolute Gasteiger partial charge is 0.326 e. The van der Waals surface area contributed by atoms with E-state index in [1.807, 2.05) is 6.07 Å². The number of carbonyl (C=O) groups is 2. The molecule has 2 unspecified atom stereocenters. The van der Waals surface area contributed by atoms with Crippen molar-refractivity contribution in [1.29, 1.82) is 5.26 Å². The minimum Gasteiger partial charge on any atom is -0.326 e. The summed E-state index contributed by atoms with van der Waals surface area (Å²) in [5.74, 6) is -2.45. The summed E-state index contributed by atoms with van der Waals surface area (Å²) in [5.41, 5.74) is 1.18. The van der Waals surface area contributed by atoms with Gasteiger partial charge in [-0.15, -0.1) is 28.1 Å². The van der Waals surface area contributed by atoms with Gasteiger partial charge in [-0.1, -0.05) is 34.8 Å². The molecule has 1 aliphatic rings. The third-order valence-electron chi connectivity index (χ3n) is 5.54.